The van der Waals surface area contributed by atoms with Gasteiger partial charge in [-0.3, -0.25) is 0 Å². The van der Waals surface area contributed by atoms with Gasteiger partial charge in [-0.05, 0) is 54.5 Å². The maximum absolute atomic E-state index is 13.2. The molecule has 7 nitrogen and oxygen atoms in total. The zero-order valence-electron chi connectivity index (χ0n) is 22.8. The van der Waals surface area contributed by atoms with Crippen molar-refractivity contribution >= 4 is 23.0 Å². The van der Waals surface area contributed by atoms with Crippen LogP contribution in [-0.4, -0.2) is 36.6 Å². The van der Waals surface area contributed by atoms with E-state index in [1.165, 1.54) is 12.1 Å². The highest BCUT2D eigenvalue weighted by atomic mass is 19.4. The first-order valence-electron chi connectivity index (χ1n) is 13.8. The molecule has 0 unspecified atom stereocenters. The van der Waals surface area contributed by atoms with E-state index >= 15 is 0 Å². The van der Waals surface area contributed by atoms with Gasteiger partial charge in [-0.1, -0.05) is 73.2 Å². The molecule has 0 spiro atoms. The summed E-state index contributed by atoms with van der Waals surface area (Å²) in [4.78, 5) is 25.3. The number of carboxylic acid groups (broad SMARTS) is 1. The van der Waals surface area contributed by atoms with E-state index in [1.54, 1.807) is 0 Å². The minimum Gasteiger partial charge on any atom is -0.475 e. The van der Waals surface area contributed by atoms with Gasteiger partial charge < -0.3 is 15.0 Å². The van der Waals surface area contributed by atoms with Gasteiger partial charge >= 0.3 is 12.1 Å². The van der Waals surface area contributed by atoms with Crippen LogP contribution in [-0.2, 0) is 12.7 Å². The smallest absolute Gasteiger partial charge is 0.416 e. The Kier molecular flexibility index (Phi) is 7.14. The highest BCUT2D eigenvalue weighted by molar-refractivity contribution is 5.92. The van der Waals surface area contributed by atoms with E-state index in [9.17, 15) is 23.1 Å². The molecule has 10 heteroatoms. The largest absolute Gasteiger partial charge is 0.475 e. The van der Waals surface area contributed by atoms with Gasteiger partial charge in [0, 0.05) is 18.2 Å². The number of aromatic carboxylic acids is 1. The maximum Gasteiger partial charge on any atom is 0.416 e. The van der Waals surface area contributed by atoms with E-state index in [0.29, 0.717) is 28.6 Å². The molecule has 1 atom stereocenters. The first-order valence-corrected chi connectivity index (χ1v) is 13.8. The fourth-order valence-corrected chi connectivity index (χ4v) is 5.30. The molecule has 0 bridgehead atoms. The number of nitrogens with one attached hydrogen (secondary N) is 1. The normalized spacial score (nSPS) is 14.5. The van der Waals surface area contributed by atoms with Crippen molar-refractivity contribution in [2.75, 3.05) is 5.32 Å². The number of rotatable bonds is 8. The number of carbonyl (C=O) groups is 1. The van der Waals surface area contributed by atoms with Gasteiger partial charge in [-0.25, -0.2) is 19.7 Å². The van der Waals surface area contributed by atoms with Crippen LogP contribution in [0, 0.1) is 5.92 Å². The van der Waals surface area contributed by atoms with E-state index in [4.69, 9.17) is 4.98 Å². The highest BCUT2D eigenvalue weighted by Gasteiger charge is 2.30. The van der Waals surface area contributed by atoms with Crippen molar-refractivity contribution in [3.63, 3.8) is 0 Å². The van der Waals surface area contributed by atoms with Crippen LogP contribution in [0.3, 0.4) is 0 Å². The summed E-state index contributed by atoms with van der Waals surface area (Å²) >= 11 is 0. The van der Waals surface area contributed by atoms with Crippen LogP contribution < -0.4 is 5.32 Å². The van der Waals surface area contributed by atoms with Crippen molar-refractivity contribution in [2.45, 2.75) is 44.9 Å². The summed E-state index contributed by atoms with van der Waals surface area (Å²) in [5.41, 5.74) is 3.38. The summed E-state index contributed by atoms with van der Waals surface area (Å²) in [6.07, 6.45) is -1.16. The van der Waals surface area contributed by atoms with Crippen LogP contribution in [0.15, 0.2) is 78.9 Å². The zero-order chi connectivity index (χ0) is 29.4. The Balaban J connectivity index is 1.49. The van der Waals surface area contributed by atoms with E-state index < -0.39 is 17.7 Å². The average Bonchev–Trinajstić information content (AvgIpc) is 3.30. The number of benzene rings is 3. The Labute approximate surface area is 240 Å². The van der Waals surface area contributed by atoms with Gasteiger partial charge in [0.2, 0.25) is 5.82 Å². The van der Waals surface area contributed by atoms with Crippen molar-refractivity contribution < 1.29 is 23.1 Å². The van der Waals surface area contributed by atoms with Crippen LogP contribution >= 0.6 is 0 Å². The van der Waals surface area contributed by atoms with Gasteiger partial charge in [0.05, 0.1) is 5.56 Å². The summed E-state index contributed by atoms with van der Waals surface area (Å²) in [5.74, 6) is -0.387. The molecular weight excluding hydrogens is 543 g/mol. The molecule has 1 saturated carbocycles. The standard InChI is InChI=1S/C32H28F3N5O2/c1-19(21-8-5-9-21)36-27-26-28(38-29(37-27)31(41)42)39-30(24-14-12-23(13-15-24)22-6-3-2-4-7-22)40(26)18-20-10-16-25(17-11-20)32(33,34)35/h2-4,6-7,10-17,19,21H,5,8-9,18H2,1H3,(H,41,42)(H,36,37,38)/t19-/m1/s1. The van der Waals surface area contributed by atoms with Gasteiger partial charge in [0.25, 0.3) is 0 Å². The maximum atomic E-state index is 13.2. The van der Waals surface area contributed by atoms with Gasteiger partial charge in [-0.2, -0.15) is 13.2 Å². The SMILES string of the molecule is C[C@@H](Nc1nc(C(=O)O)nc2nc(-c3ccc(-c4ccccc4)cc3)n(Cc3ccc(C(F)(F)F)cc3)c12)C1CCC1. The van der Waals surface area contributed by atoms with E-state index in [1.807, 2.05) is 66.1 Å². The summed E-state index contributed by atoms with van der Waals surface area (Å²) < 4.78 is 41.5. The van der Waals surface area contributed by atoms with Crippen molar-refractivity contribution in [2.24, 2.45) is 5.92 Å². The van der Waals surface area contributed by atoms with Gasteiger partial charge in [0.1, 0.15) is 11.3 Å². The number of nitrogens with zero attached hydrogens (tertiary/aromatic N) is 4. The number of imidazole rings is 1. The number of hydrogen-bond donors (Lipinski definition) is 2. The number of hydrogen-bond acceptors (Lipinski definition) is 5. The Bertz CT molecular complexity index is 1730. The fraction of sp³-hybridized carbons (Fsp3) is 0.250. The molecule has 6 rings (SSSR count). The second-order valence-corrected chi connectivity index (χ2v) is 10.7. The Morgan fingerprint density at radius 1 is 0.929 bits per heavy atom. The molecule has 2 aromatic heterocycles. The predicted molar refractivity (Wildman–Crippen MR) is 154 cm³/mol. The Hall–Kier alpha value is -4.73. The molecule has 0 radical (unpaired) electrons. The third kappa shape index (κ3) is 5.44. The lowest BCUT2D eigenvalue weighted by atomic mass is 9.80. The number of anilines is 1. The molecule has 1 aliphatic rings. The number of halogens is 3. The van der Waals surface area contributed by atoms with Crippen LogP contribution in [0.25, 0.3) is 33.7 Å². The zero-order valence-corrected chi connectivity index (χ0v) is 22.8. The molecule has 3 aromatic carbocycles. The summed E-state index contributed by atoms with van der Waals surface area (Å²) in [7, 11) is 0. The molecule has 42 heavy (non-hydrogen) atoms. The first-order chi connectivity index (χ1) is 20.2. The molecule has 5 aromatic rings. The van der Waals surface area contributed by atoms with E-state index in [2.05, 4.69) is 15.3 Å². The molecule has 2 heterocycles. The number of aromatic nitrogens is 4. The lowest BCUT2D eigenvalue weighted by Gasteiger charge is -2.32. The lowest BCUT2D eigenvalue weighted by molar-refractivity contribution is -0.137. The fourth-order valence-electron chi connectivity index (χ4n) is 5.30. The quantitative estimate of drug-likeness (QED) is 0.200. The third-order valence-corrected chi connectivity index (χ3v) is 7.89. The minimum absolute atomic E-state index is 0.0292. The minimum atomic E-state index is -4.44. The summed E-state index contributed by atoms with van der Waals surface area (Å²) in [6, 6.07) is 22.7. The van der Waals surface area contributed by atoms with Crippen LogP contribution in [0.5, 0.6) is 0 Å². The molecular formula is C32H28F3N5O2. The van der Waals surface area contributed by atoms with E-state index in [-0.39, 0.29) is 24.1 Å². The molecule has 0 amide bonds. The molecule has 214 valence electrons. The summed E-state index contributed by atoms with van der Waals surface area (Å²) in [6.45, 7) is 2.21. The van der Waals surface area contributed by atoms with Crippen molar-refractivity contribution in [3.8, 4) is 22.5 Å². The molecule has 0 aliphatic heterocycles. The van der Waals surface area contributed by atoms with Gasteiger partial charge in [0.15, 0.2) is 11.5 Å². The third-order valence-electron chi connectivity index (χ3n) is 7.89. The number of alkyl halides is 3. The number of fused-ring (bicyclic) bond motifs is 1. The molecule has 0 saturated heterocycles. The topological polar surface area (TPSA) is 92.9 Å². The van der Waals surface area contributed by atoms with Gasteiger partial charge in [-0.15, -0.1) is 0 Å². The van der Waals surface area contributed by atoms with Crippen molar-refractivity contribution in [1.29, 1.82) is 0 Å². The van der Waals surface area contributed by atoms with Crippen LogP contribution in [0.4, 0.5) is 19.0 Å². The first kappa shape index (κ1) is 27.4. The number of carboxylic acids is 1. The predicted octanol–water partition coefficient (Wildman–Crippen LogP) is 7.53. The second-order valence-electron chi connectivity index (χ2n) is 10.7. The summed E-state index contributed by atoms with van der Waals surface area (Å²) in [5, 5.41) is 13.2. The molecule has 1 fully saturated rings. The van der Waals surface area contributed by atoms with Crippen LogP contribution in [0.2, 0.25) is 0 Å². The van der Waals surface area contributed by atoms with Crippen molar-refractivity contribution in [3.05, 3.63) is 95.8 Å². The average molecular weight is 572 g/mol. The lowest BCUT2D eigenvalue weighted by Crippen LogP contribution is -2.31. The Morgan fingerprint density at radius 2 is 1.57 bits per heavy atom. The monoisotopic (exact) mass is 571 g/mol. The molecule has 1 aliphatic carbocycles. The van der Waals surface area contributed by atoms with Crippen LogP contribution in [0.1, 0.15) is 47.9 Å². The second kappa shape index (κ2) is 10.9. The Morgan fingerprint density at radius 3 is 2.17 bits per heavy atom. The molecule has 2 N–H and O–H groups in total. The highest BCUT2D eigenvalue weighted by Crippen LogP contribution is 2.35. The van der Waals surface area contributed by atoms with Crippen molar-refractivity contribution in [1.82, 2.24) is 19.5 Å². The van der Waals surface area contributed by atoms with E-state index in [0.717, 1.165) is 48.1 Å².